The molecule has 2 rings (SSSR count). The number of anilines is 2. The van der Waals surface area contributed by atoms with Crippen molar-refractivity contribution in [2.75, 3.05) is 45.4 Å². The second kappa shape index (κ2) is 6.32. The number of thiophene rings is 1. The van der Waals surface area contributed by atoms with Crippen molar-refractivity contribution in [3.8, 4) is 5.75 Å². The number of likely N-dealkylation sites (N-methyl/N-ethyl adjacent to an activating group) is 1. The van der Waals surface area contributed by atoms with Crippen LogP contribution in [0.2, 0.25) is 0 Å². The highest BCUT2D eigenvalue weighted by atomic mass is 32.1. The summed E-state index contributed by atoms with van der Waals surface area (Å²) < 4.78 is 10.0. The number of carbonyl (C=O) groups is 1. The van der Waals surface area contributed by atoms with Crippen LogP contribution in [0.15, 0.2) is 0 Å². The summed E-state index contributed by atoms with van der Waals surface area (Å²) in [6, 6.07) is 0.504. The monoisotopic (exact) mass is 299 g/mol. The number of esters is 1. The Morgan fingerprint density at radius 3 is 2.85 bits per heavy atom. The highest BCUT2D eigenvalue weighted by molar-refractivity contribution is 7.19. The lowest BCUT2D eigenvalue weighted by Gasteiger charge is -2.20. The zero-order valence-corrected chi connectivity index (χ0v) is 12.9. The minimum Gasteiger partial charge on any atom is -0.492 e. The van der Waals surface area contributed by atoms with Gasteiger partial charge in [0.05, 0.1) is 14.2 Å². The maximum absolute atomic E-state index is 11.6. The predicted octanol–water partition coefficient (Wildman–Crippen LogP) is 1.63. The van der Waals surface area contributed by atoms with E-state index in [-0.39, 0.29) is 0 Å². The van der Waals surface area contributed by atoms with E-state index in [4.69, 9.17) is 15.2 Å². The molecule has 0 aromatic carbocycles. The van der Waals surface area contributed by atoms with Crippen molar-refractivity contribution in [3.63, 3.8) is 0 Å². The predicted molar refractivity (Wildman–Crippen MR) is 80.8 cm³/mol. The molecule has 1 fully saturated rings. The molecule has 20 heavy (non-hydrogen) atoms. The van der Waals surface area contributed by atoms with Gasteiger partial charge in [-0.05, 0) is 26.4 Å². The SMILES string of the molecule is COC(=O)c1sc(NCC2CCCN2C)c(OC)c1N. The van der Waals surface area contributed by atoms with E-state index in [9.17, 15) is 4.79 Å². The second-order valence-electron chi connectivity index (χ2n) is 4.86. The number of nitrogens with one attached hydrogen (secondary N) is 1. The maximum atomic E-state index is 11.6. The summed E-state index contributed by atoms with van der Waals surface area (Å²) in [5, 5.41) is 4.12. The van der Waals surface area contributed by atoms with Gasteiger partial charge in [0, 0.05) is 12.6 Å². The van der Waals surface area contributed by atoms with Crippen molar-refractivity contribution in [1.29, 1.82) is 0 Å². The van der Waals surface area contributed by atoms with E-state index >= 15 is 0 Å². The Morgan fingerprint density at radius 2 is 2.30 bits per heavy atom. The highest BCUT2D eigenvalue weighted by Crippen LogP contribution is 2.42. The molecular weight excluding hydrogens is 278 g/mol. The van der Waals surface area contributed by atoms with Gasteiger partial charge >= 0.3 is 5.97 Å². The van der Waals surface area contributed by atoms with Gasteiger partial charge in [-0.1, -0.05) is 0 Å². The first-order chi connectivity index (χ1) is 9.58. The number of likely N-dealkylation sites (tertiary alicyclic amines) is 1. The van der Waals surface area contributed by atoms with Gasteiger partial charge in [0.15, 0.2) is 5.75 Å². The lowest BCUT2D eigenvalue weighted by molar-refractivity contribution is 0.0607. The molecular formula is C13H21N3O3S. The van der Waals surface area contributed by atoms with E-state index in [0.29, 0.717) is 22.4 Å². The molecule has 1 aliphatic rings. The van der Waals surface area contributed by atoms with Crippen molar-refractivity contribution in [1.82, 2.24) is 4.90 Å². The van der Waals surface area contributed by atoms with Crippen molar-refractivity contribution in [2.45, 2.75) is 18.9 Å². The average molecular weight is 299 g/mol. The molecule has 112 valence electrons. The van der Waals surface area contributed by atoms with Gasteiger partial charge in [-0.25, -0.2) is 4.79 Å². The van der Waals surface area contributed by atoms with E-state index in [1.807, 2.05) is 0 Å². The molecule has 3 N–H and O–H groups in total. The summed E-state index contributed by atoms with van der Waals surface area (Å²) in [6.45, 7) is 1.94. The molecule has 0 spiro atoms. The first kappa shape index (κ1) is 14.9. The van der Waals surface area contributed by atoms with Crippen LogP contribution in [0.3, 0.4) is 0 Å². The fourth-order valence-corrected chi connectivity index (χ4v) is 3.45. The van der Waals surface area contributed by atoms with E-state index in [2.05, 4.69) is 17.3 Å². The summed E-state index contributed by atoms with van der Waals surface area (Å²) in [5.41, 5.74) is 6.28. The summed E-state index contributed by atoms with van der Waals surface area (Å²) >= 11 is 1.27. The number of nitrogens with two attached hydrogens (primary N) is 1. The quantitative estimate of drug-likeness (QED) is 0.805. The van der Waals surface area contributed by atoms with Crippen LogP contribution >= 0.6 is 11.3 Å². The molecule has 6 nitrogen and oxygen atoms in total. The number of rotatable bonds is 5. The van der Waals surface area contributed by atoms with Crippen LogP contribution in [-0.4, -0.2) is 51.3 Å². The summed E-state index contributed by atoms with van der Waals surface area (Å²) in [6.07, 6.45) is 2.40. The Hall–Kier alpha value is -1.47. The average Bonchev–Trinajstić information content (AvgIpc) is 2.99. The number of methoxy groups -OCH3 is 2. The van der Waals surface area contributed by atoms with Crippen LogP contribution in [-0.2, 0) is 4.74 Å². The van der Waals surface area contributed by atoms with Crippen LogP contribution in [0.4, 0.5) is 10.7 Å². The Balaban J connectivity index is 2.12. The van der Waals surface area contributed by atoms with Gasteiger partial charge in [0.25, 0.3) is 0 Å². The van der Waals surface area contributed by atoms with Gasteiger partial charge in [0.1, 0.15) is 15.6 Å². The summed E-state index contributed by atoms with van der Waals surface area (Å²) in [7, 11) is 5.01. The Morgan fingerprint density at radius 1 is 1.55 bits per heavy atom. The number of hydrogen-bond donors (Lipinski definition) is 2. The van der Waals surface area contributed by atoms with Gasteiger partial charge in [-0.3, -0.25) is 0 Å². The lowest BCUT2D eigenvalue weighted by atomic mass is 10.2. The molecule has 0 saturated carbocycles. The smallest absolute Gasteiger partial charge is 0.350 e. The Bertz CT molecular complexity index is 489. The molecule has 1 unspecified atom stereocenters. The van der Waals surface area contributed by atoms with E-state index in [1.54, 1.807) is 7.11 Å². The minimum absolute atomic E-state index is 0.339. The molecule has 7 heteroatoms. The van der Waals surface area contributed by atoms with E-state index < -0.39 is 5.97 Å². The van der Waals surface area contributed by atoms with Crippen LogP contribution < -0.4 is 15.8 Å². The third kappa shape index (κ3) is 2.83. The molecule has 0 radical (unpaired) electrons. The first-order valence-corrected chi connectivity index (χ1v) is 7.38. The van der Waals surface area contributed by atoms with Gasteiger partial charge in [-0.2, -0.15) is 0 Å². The zero-order valence-electron chi connectivity index (χ0n) is 12.1. The number of carbonyl (C=O) groups excluding carboxylic acids is 1. The number of nitrogen functional groups attached to an aromatic ring is 1. The highest BCUT2D eigenvalue weighted by Gasteiger charge is 2.25. The molecule has 0 bridgehead atoms. The van der Waals surface area contributed by atoms with E-state index in [0.717, 1.165) is 18.1 Å². The molecule has 1 saturated heterocycles. The fraction of sp³-hybridized carbons (Fsp3) is 0.615. The minimum atomic E-state index is -0.433. The lowest BCUT2D eigenvalue weighted by Crippen LogP contribution is -2.31. The fourth-order valence-electron chi connectivity index (χ4n) is 2.44. The van der Waals surface area contributed by atoms with Crippen LogP contribution in [0.25, 0.3) is 0 Å². The number of ether oxygens (including phenoxy) is 2. The molecule has 2 heterocycles. The summed E-state index contributed by atoms with van der Waals surface area (Å²) in [5.74, 6) is 0.0906. The molecule has 1 aliphatic heterocycles. The normalized spacial score (nSPS) is 19.1. The zero-order chi connectivity index (χ0) is 14.7. The molecule has 1 aromatic heterocycles. The van der Waals surface area contributed by atoms with Crippen LogP contribution in [0.5, 0.6) is 5.75 Å². The van der Waals surface area contributed by atoms with E-state index in [1.165, 1.54) is 31.3 Å². The molecule has 1 atom stereocenters. The third-order valence-corrected chi connectivity index (χ3v) is 4.77. The van der Waals surface area contributed by atoms with Crippen LogP contribution in [0, 0.1) is 0 Å². The Labute approximate surface area is 122 Å². The standard InChI is InChI=1S/C13H21N3O3S/c1-16-6-4-5-8(16)7-15-12-10(18-2)9(14)11(20-12)13(17)19-3/h8,15H,4-7,14H2,1-3H3. The van der Waals surface area contributed by atoms with Gasteiger partial charge in [-0.15, -0.1) is 11.3 Å². The first-order valence-electron chi connectivity index (χ1n) is 6.57. The van der Waals surface area contributed by atoms with Crippen molar-refractivity contribution in [3.05, 3.63) is 4.88 Å². The van der Waals surface area contributed by atoms with Crippen LogP contribution in [0.1, 0.15) is 22.5 Å². The largest absolute Gasteiger partial charge is 0.492 e. The van der Waals surface area contributed by atoms with Crippen molar-refractivity contribution in [2.24, 2.45) is 0 Å². The molecule has 0 amide bonds. The Kier molecular flexibility index (Phi) is 4.72. The summed E-state index contributed by atoms with van der Waals surface area (Å²) in [4.78, 5) is 14.4. The number of hydrogen-bond acceptors (Lipinski definition) is 7. The van der Waals surface area contributed by atoms with Gasteiger partial charge < -0.3 is 25.4 Å². The molecule has 0 aliphatic carbocycles. The second-order valence-corrected chi connectivity index (χ2v) is 5.88. The molecule has 1 aromatic rings. The topological polar surface area (TPSA) is 76.8 Å². The van der Waals surface area contributed by atoms with Gasteiger partial charge in [0.2, 0.25) is 0 Å². The van der Waals surface area contributed by atoms with Crippen molar-refractivity contribution < 1.29 is 14.3 Å². The maximum Gasteiger partial charge on any atom is 0.350 e. The number of nitrogens with zero attached hydrogens (tertiary/aromatic N) is 1. The van der Waals surface area contributed by atoms with Crippen molar-refractivity contribution >= 4 is 28.0 Å². The third-order valence-electron chi connectivity index (χ3n) is 3.64.